The molecular weight excluding hydrogens is 246 g/mol. The van der Waals surface area contributed by atoms with Gasteiger partial charge in [-0.25, -0.2) is 9.59 Å². The third kappa shape index (κ3) is 12.7. The van der Waals surface area contributed by atoms with E-state index in [1.807, 2.05) is 20.8 Å². The van der Waals surface area contributed by atoms with Gasteiger partial charge in [-0.05, 0) is 40.0 Å². The van der Waals surface area contributed by atoms with Gasteiger partial charge in [-0.2, -0.15) is 0 Å². The summed E-state index contributed by atoms with van der Waals surface area (Å²) in [6.45, 7) is 6.11. The molecule has 0 unspecified atom stereocenters. The zero-order chi connectivity index (χ0) is 14.7. The fourth-order valence-electron chi connectivity index (χ4n) is 1.32. The van der Waals surface area contributed by atoms with E-state index in [1.54, 1.807) is 6.08 Å². The summed E-state index contributed by atoms with van der Waals surface area (Å²) in [7, 11) is 1.36. The third-order valence-corrected chi connectivity index (χ3v) is 2.17. The summed E-state index contributed by atoms with van der Waals surface area (Å²) in [6, 6.07) is 0. The predicted molar refractivity (Wildman–Crippen MR) is 73.9 cm³/mol. The van der Waals surface area contributed by atoms with Crippen LogP contribution in [0.4, 0.5) is 4.79 Å². The zero-order valence-electron chi connectivity index (χ0n) is 12.3. The topological polar surface area (TPSA) is 64.6 Å². The Bertz CT molecular complexity index is 305. The van der Waals surface area contributed by atoms with Gasteiger partial charge < -0.3 is 14.8 Å². The van der Waals surface area contributed by atoms with Crippen LogP contribution in [0.3, 0.4) is 0 Å². The van der Waals surface area contributed by atoms with Gasteiger partial charge in [0.25, 0.3) is 0 Å². The Labute approximate surface area is 115 Å². The minimum absolute atomic E-state index is 0.327. The van der Waals surface area contributed by atoms with Crippen molar-refractivity contribution in [1.29, 1.82) is 0 Å². The second-order valence-corrected chi connectivity index (χ2v) is 5.20. The Morgan fingerprint density at radius 2 is 1.84 bits per heavy atom. The summed E-state index contributed by atoms with van der Waals surface area (Å²) in [4.78, 5) is 22.1. The quantitative estimate of drug-likeness (QED) is 0.439. The first-order chi connectivity index (χ1) is 8.85. The molecule has 5 heteroatoms. The van der Waals surface area contributed by atoms with Gasteiger partial charge in [0.2, 0.25) is 0 Å². The van der Waals surface area contributed by atoms with Gasteiger partial charge in [0.15, 0.2) is 0 Å². The summed E-state index contributed by atoms with van der Waals surface area (Å²) in [5.41, 5.74) is -0.456. The fourth-order valence-corrected chi connectivity index (χ4v) is 1.32. The van der Waals surface area contributed by atoms with E-state index in [1.165, 1.54) is 13.2 Å². The molecule has 0 bridgehead atoms. The largest absolute Gasteiger partial charge is 0.466 e. The van der Waals surface area contributed by atoms with Crippen LogP contribution in [0, 0.1) is 0 Å². The molecule has 0 saturated carbocycles. The Balaban J connectivity index is 3.44. The smallest absolute Gasteiger partial charge is 0.407 e. The number of rotatable bonds is 7. The molecule has 0 fully saturated rings. The molecule has 0 aromatic heterocycles. The lowest BCUT2D eigenvalue weighted by atomic mass is 10.2. The molecule has 0 aromatic carbocycles. The number of unbranched alkanes of at least 4 members (excludes halogenated alkanes) is 3. The van der Waals surface area contributed by atoms with Crippen molar-refractivity contribution in [3.63, 3.8) is 0 Å². The van der Waals surface area contributed by atoms with E-state index in [-0.39, 0.29) is 12.1 Å². The van der Waals surface area contributed by atoms with Crippen molar-refractivity contribution in [1.82, 2.24) is 5.32 Å². The molecule has 1 N–H and O–H groups in total. The Hall–Kier alpha value is -1.52. The number of esters is 1. The van der Waals surface area contributed by atoms with Crippen LogP contribution in [0.1, 0.15) is 46.5 Å². The van der Waals surface area contributed by atoms with Crippen LogP contribution in [-0.2, 0) is 14.3 Å². The predicted octanol–water partition coefficient (Wildman–Crippen LogP) is 2.80. The fraction of sp³-hybridized carbons (Fsp3) is 0.714. The number of carbonyl (C=O) groups is 2. The first-order valence-corrected chi connectivity index (χ1v) is 6.56. The van der Waals surface area contributed by atoms with Crippen LogP contribution in [-0.4, -0.2) is 31.3 Å². The second-order valence-electron chi connectivity index (χ2n) is 5.20. The van der Waals surface area contributed by atoms with Crippen LogP contribution >= 0.6 is 0 Å². The van der Waals surface area contributed by atoms with Crippen LogP contribution in [0.5, 0.6) is 0 Å². The average molecular weight is 271 g/mol. The highest BCUT2D eigenvalue weighted by Crippen LogP contribution is 2.06. The van der Waals surface area contributed by atoms with Gasteiger partial charge in [0.05, 0.1) is 7.11 Å². The van der Waals surface area contributed by atoms with Crippen molar-refractivity contribution in [2.24, 2.45) is 0 Å². The molecule has 0 saturated heterocycles. The molecular formula is C14H25NO4. The first kappa shape index (κ1) is 17.5. The van der Waals surface area contributed by atoms with Crippen molar-refractivity contribution in [3.05, 3.63) is 12.2 Å². The van der Waals surface area contributed by atoms with E-state index in [0.717, 1.165) is 25.7 Å². The number of carbonyl (C=O) groups excluding carboxylic acids is 2. The summed E-state index contributed by atoms with van der Waals surface area (Å²) in [5.74, 6) is -0.327. The van der Waals surface area contributed by atoms with E-state index in [9.17, 15) is 9.59 Å². The molecule has 0 atom stereocenters. The van der Waals surface area contributed by atoms with E-state index in [2.05, 4.69) is 10.1 Å². The maximum absolute atomic E-state index is 11.3. The molecule has 0 aromatic rings. The number of alkyl carbamates (subject to hydrolysis) is 1. The monoisotopic (exact) mass is 271 g/mol. The number of hydrogen-bond acceptors (Lipinski definition) is 4. The number of hydrogen-bond donors (Lipinski definition) is 1. The van der Waals surface area contributed by atoms with E-state index < -0.39 is 5.60 Å². The Morgan fingerprint density at radius 3 is 2.42 bits per heavy atom. The normalized spacial score (nSPS) is 11.4. The van der Waals surface area contributed by atoms with Gasteiger partial charge in [-0.1, -0.05) is 12.5 Å². The van der Waals surface area contributed by atoms with Crippen LogP contribution in [0.2, 0.25) is 0 Å². The molecule has 19 heavy (non-hydrogen) atoms. The number of methoxy groups -OCH3 is 1. The maximum Gasteiger partial charge on any atom is 0.407 e. The Morgan fingerprint density at radius 1 is 1.16 bits per heavy atom. The molecule has 0 aliphatic rings. The molecule has 1 amide bonds. The summed E-state index contributed by atoms with van der Waals surface area (Å²) in [6.07, 6.45) is 6.54. The van der Waals surface area contributed by atoms with Gasteiger partial charge in [-0.3, -0.25) is 0 Å². The Kier molecular flexibility index (Phi) is 8.66. The lowest BCUT2D eigenvalue weighted by Crippen LogP contribution is -2.32. The van der Waals surface area contributed by atoms with Gasteiger partial charge in [0.1, 0.15) is 5.60 Å². The van der Waals surface area contributed by atoms with Crippen LogP contribution < -0.4 is 5.32 Å². The second kappa shape index (κ2) is 9.42. The molecule has 0 rings (SSSR count). The number of amides is 1. The third-order valence-electron chi connectivity index (χ3n) is 2.17. The number of nitrogens with one attached hydrogen (secondary N) is 1. The number of allylic oxidation sites excluding steroid dienone is 1. The molecule has 0 radical (unpaired) electrons. The van der Waals surface area contributed by atoms with Crippen molar-refractivity contribution >= 4 is 12.1 Å². The van der Waals surface area contributed by atoms with Crippen LogP contribution in [0.25, 0.3) is 0 Å². The summed E-state index contributed by atoms with van der Waals surface area (Å²) in [5, 5.41) is 2.70. The van der Waals surface area contributed by atoms with E-state index in [4.69, 9.17) is 4.74 Å². The molecule has 0 aliphatic carbocycles. The molecule has 5 nitrogen and oxygen atoms in total. The number of ether oxygens (including phenoxy) is 2. The zero-order valence-corrected chi connectivity index (χ0v) is 12.3. The first-order valence-electron chi connectivity index (χ1n) is 6.56. The van der Waals surface area contributed by atoms with Gasteiger partial charge >= 0.3 is 12.1 Å². The van der Waals surface area contributed by atoms with Crippen molar-refractivity contribution < 1.29 is 19.1 Å². The SMILES string of the molecule is COC(=O)/C=C/CCCCCNC(=O)OC(C)(C)C. The standard InChI is InChI=1S/C14H25NO4/c1-14(2,3)19-13(17)15-11-9-7-5-6-8-10-12(16)18-4/h8,10H,5-7,9,11H2,1-4H3,(H,15,17)/b10-8+. The lowest BCUT2D eigenvalue weighted by molar-refractivity contribution is -0.134. The van der Waals surface area contributed by atoms with Gasteiger partial charge in [0, 0.05) is 12.6 Å². The van der Waals surface area contributed by atoms with Crippen molar-refractivity contribution in [2.45, 2.75) is 52.1 Å². The minimum atomic E-state index is -0.456. The summed E-state index contributed by atoms with van der Waals surface area (Å²) >= 11 is 0. The maximum atomic E-state index is 11.3. The molecule has 0 heterocycles. The van der Waals surface area contributed by atoms with E-state index in [0.29, 0.717) is 6.54 Å². The highest BCUT2D eigenvalue weighted by Gasteiger charge is 2.15. The highest BCUT2D eigenvalue weighted by molar-refractivity contribution is 5.81. The van der Waals surface area contributed by atoms with Crippen LogP contribution in [0.15, 0.2) is 12.2 Å². The summed E-state index contributed by atoms with van der Waals surface area (Å²) < 4.78 is 9.58. The molecule has 0 spiro atoms. The lowest BCUT2D eigenvalue weighted by Gasteiger charge is -2.19. The highest BCUT2D eigenvalue weighted by atomic mass is 16.6. The molecule has 110 valence electrons. The minimum Gasteiger partial charge on any atom is -0.466 e. The van der Waals surface area contributed by atoms with Crippen molar-refractivity contribution in [3.8, 4) is 0 Å². The van der Waals surface area contributed by atoms with E-state index >= 15 is 0 Å². The van der Waals surface area contributed by atoms with Crippen molar-refractivity contribution in [2.75, 3.05) is 13.7 Å². The van der Waals surface area contributed by atoms with Gasteiger partial charge in [-0.15, -0.1) is 0 Å². The molecule has 0 aliphatic heterocycles. The average Bonchev–Trinajstić information content (AvgIpc) is 2.29.